The second kappa shape index (κ2) is 24.7. The van der Waals surface area contributed by atoms with Crippen LogP contribution in [0.3, 0.4) is 0 Å². The van der Waals surface area contributed by atoms with E-state index in [-0.39, 0.29) is 26.4 Å². The summed E-state index contributed by atoms with van der Waals surface area (Å²) in [6.07, 6.45) is 30.3. The molecular weight excluding hydrogens is 1100 g/mol. The Kier molecular flexibility index (Phi) is 17.8. The van der Waals surface area contributed by atoms with E-state index in [1.807, 2.05) is 154 Å². The van der Waals surface area contributed by atoms with Crippen molar-refractivity contribution >= 4 is 92.4 Å². The second-order valence-electron chi connectivity index (χ2n) is 19.6. The molecule has 0 spiro atoms. The van der Waals surface area contributed by atoms with E-state index in [9.17, 15) is 29.5 Å². The third kappa shape index (κ3) is 15.6. The van der Waals surface area contributed by atoms with Crippen LogP contribution in [0.25, 0.3) is 90.9 Å². The van der Waals surface area contributed by atoms with Crippen LogP contribution >= 0.6 is 0 Å². The highest BCUT2D eigenvalue weighted by Crippen LogP contribution is 2.38. The maximum absolute atomic E-state index is 12.2. The summed E-state index contributed by atoms with van der Waals surface area (Å²) in [7, 11) is -13.4. The summed E-state index contributed by atoms with van der Waals surface area (Å²) in [5.74, 6) is 3.62. The van der Waals surface area contributed by atoms with Crippen LogP contribution in [0.5, 0.6) is 0 Å². The number of pyridine rings is 4. The van der Waals surface area contributed by atoms with Gasteiger partial charge in [0.15, 0.2) is 75.8 Å². The van der Waals surface area contributed by atoms with Crippen LogP contribution in [0.4, 0.5) is 0 Å². The van der Waals surface area contributed by atoms with Crippen LogP contribution in [0, 0.1) is 0 Å². The van der Waals surface area contributed by atoms with Gasteiger partial charge < -0.3 is 9.97 Å². The molecule has 0 radical (unpaired) electrons. The van der Waals surface area contributed by atoms with E-state index in [2.05, 4.69) is 26.6 Å². The molecule has 23 heteroatoms. The SMILES string of the molecule is C=S(C)(=O)OCCC[n+]1cccc(-c2c3nc(c(-c4ccc[n+](CCCOS(C)(=O)=O)c4)c4ccc([nH]4)c(-c4ccc[n+](CCCOS(C)(=O)=O)c4)c4nc(c(-c5ccc[n+](CCCOS(C)(=O)=O)c5)c5ccc2[nH]5)C=C4)C=C3)c1. The van der Waals surface area contributed by atoms with Gasteiger partial charge in [-0.3, -0.25) is 16.7 Å². The van der Waals surface area contributed by atoms with Crippen LogP contribution < -0.4 is 18.3 Å². The Balaban J connectivity index is 1.30. The van der Waals surface area contributed by atoms with Gasteiger partial charge in [0.1, 0.15) is 0 Å². The molecule has 0 aromatic carbocycles. The van der Waals surface area contributed by atoms with E-state index in [0.717, 1.165) is 85.3 Å². The lowest BCUT2D eigenvalue weighted by Gasteiger charge is -2.07. The summed E-state index contributed by atoms with van der Waals surface area (Å²) in [5, 5.41) is 0. The van der Waals surface area contributed by atoms with Gasteiger partial charge in [-0.25, -0.2) is 32.4 Å². The Hall–Kier alpha value is -7.09. The molecule has 9 rings (SSSR count). The number of fused-ring (bicyclic) bond motifs is 8. The quantitative estimate of drug-likeness (QED) is 0.0296. The van der Waals surface area contributed by atoms with E-state index in [1.165, 1.54) is 6.26 Å². The molecule has 80 heavy (non-hydrogen) atoms. The zero-order chi connectivity index (χ0) is 56.7. The number of hydrogen-bond donors (Lipinski definition) is 2. The Bertz CT molecular complexity index is 3650. The smallest absolute Gasteiger partial charge is 0.264 e. The number of H-pyrrole nitrogens is 2. The van der Waals surface area contributed by atoms with Crippen LogP contribution in [0.15, 0.2) is 122 Å². The summed E-state index contributed by atoms with van der Waals surface area (Å²) in [4.78, 5) is 18.5. The van der Waals surface area contributed by atoms with Crippen molar-refractivity contribution in [3.05, 3.63) is 145 Å². The minimum Gasteiger partial charge on any atom is -0.354 e. The molecule has 1 unspecified atom stereocenters. The van der Waals surface area contributed by atoms with Gasteiger partial charge in [0.2, 0.25) is 0 Å². The van der Waals surface area contributed by atoms with Crippen LogP contribution in [0.2, 0.25) is 0 Å². The van der Waals surface area contributed by atoms with E-state index in [1.54, 1.807) is 0 Å². The van der Waals surface area contributed by atoms with E-state index in [0.29, 0.717) is 74.6 Å². The summed E-state index contributed by atoms with van der Waals surface area (Å²) < 4.78 is 112. The van der Waals surface area contributed by atoms with E-state index < -0.39 is 40.2 Å². The molecule has 0 saturated heterocycles. The van der Waals surface area contributed by atoms with Crippen LogP contribution in [-0.4, -0.2) is 107 Å². The van der Waals surface area contributed by atoms with Crippen molar-refractivity contribution in [2.75, 3.05) is 51.5 Å². The predicted molar refractivity (Wildman–Crippen MR) is 309 cm³/mol. The number of rotatable bonds is 24. The van der Waals surface area contributed by atoms with Gasteiger partial charge in [-0.1, -0.05) is 0 Å². The molecule has 0 saturated carbocycles. The number of aromatic nitrogens is 8. The number of hydrogen-bond acceptors (Lipinski definition) is 13. The van der Waals surface area contributed by atoms with Gasteiger partial charge in [0.05, 0.1) is 77.8 Å². The summed E-state index contributed by atoms with van der Waals surface area (Å²) in [5.41, 5.74) is 12.3. The first kappa shape index (κ1) is 57.6. The highest BCUT2D eigenvalue weighted by atomic mass is 32.2. The second-order valence-corrected chi connectivity index (χ2v) is 26.6. The highest BCUT2D eigenvalue weighted by molar-refractivity contribution is 7.95. The largest absolute Gasteiger partial charge is 0.354 e. The van der Waals surface area contributed by atoms with Crippen molar-refractivity contribution < 1.29 is 64.5 Å². The fourth-order valence-corrected chi connectivity index (χ4v) is 11.2. The van der Waals surface area contributed by atoms with Gasteiger partial charge in [0.25, 0.3) is 30.4 Å². The van der Waals surface area contributed by atoms with Crippen molar-refractivity contribution in [3.63, 3.8) is 0 Å². The Morgan fingerprint density at radius 3 is 0.887 bits per heavy atom. The fourth-order valence-electron chi connectivity index (χ4n) is 9.51. The van der Waals surface area contributed by atoms with Crippen LogP contribution in [0.1, 0.15) is 48.5 Å². The zero-order valence-corrected chi connectivity index (χ0v) is 48.1. The minimum atomic E-state index is -3.61. The van der Waals surface area contributed by atoms with Gasteiger partial charge in [-0.15, -0.1) is 0 Å². The minimum absolute atomic E-state index is 0.0276. The average molecular weight is 1170 g/mol. The van der Waals surface area contributed by atoms with E-state index in [4.69, 9.17) is 26.7 Å². The molecule has 1 atom stereocenters. The predicted octanol–water partition coefficient (Wildman–Crippen LogP) is 6.24. The van der Waals surface area contributed by atoms with Crippen LogP contribution in [-0.2, 0) is 83.1 Å². The molecule has 2 aliphatic rings. The van der Waals surface area contributed by atoms with Gasteiger partial charge in [-0.2, -0.15) is 25.3 Å². The number of nitrogens with one attached hydrogen (secondary N) is 2. The van der Waals surface area contributed by atoms with Gasteiger partial charge >= 0.3 is 0 Å². The molecule has 19 nitrogen and oxygen atoms in total. The molecule has 0 amide bonds. The first-order chi connectivity index (χ1) is 38.1. The molecule has 7 aromatic rings. The van der Waals surface area contributed by atoms with Crippen molar-refractivity contribution in [2.45, 2.75) is 51.9 Å². The molecule has 2 N–H and O–H groups in total. The lowest BCUT2D eigenvalue weighted by atomic mass is 10.1. The normalized spacial score (nSPS) is 13.4. The third-order valence-electron chi connectivity index (χ3n) is 12.8. The lowest BCUT2D eigenvalue weighted by molar-refractivity contribution is -0.697. The Morgan fingerprint density at radius 1 is 0.400 bits per heavy atom. The van der Waals surface area contributed by atoms with Crippen molar-refractivity contribution in [3.8, 4) is 44.5 Å². The van der Waals surface area contributed by atoms with Gasteiger partial charge in [0, 0.05) is 123 Å². The van der Waals surface area contributed by atoms with Gasteiger partial charge in [-0.05, 0) is 78.7 Å². The monoisotopic (exact) mass is 1160 g/mol. The number of aryl methyl sites for hydroxylation is 4. The molecule has 7 aromatic heterocycles. The molecule has 9 heterocycles. The van der Waals surface area contributed by atoms with Crippen molar-refractivity contribution in [2.24, 2.45) is 0 Å². The molecule has 8 bridgehead atoms. The van der Waals surface area contributed by atoms with E-state index >= 15 is 0 Å². The zero-order valence-electron chi connectivity index (χ0n) is 44.9. The van der Waals surface area contributed by atoms with Crippen molar-refractivity contribution in [1.82, 2.24) is 19.9 Å². The first-order valence-electron chi connectivity index (χ1n) is 25.8. The fraction of sp³-hybridized carbons (Fsp3) is 0.281. The summed E-state index contributed by atoms with van der Waals surface area (Å²) in [6.45, 7) is 2.37. The van der Waals surface area contributed by atoms with Crippen molar-refractivity contribution in [1.29, 1.82) is 0 Å². The lowest BCUT2D eigenvalue weighted by Crippen LogP contribution is -2.33. The Morgan fingerprint density at radius 2 is 0.650 bits per heavy atom. The standard InChI is InChI=1S/C57H64N8O11S4/c1-77(2,66)73-34-10-30-62-26-6-14-42(38-62)54-46-18-20-48(58-46)55(43-15-7-27-63(39-43)31-11-35-74-78(3,67)68)50-22-24-52(60-50)57(45-17-9-29-65(41-45)33-13-37-76-80(5,71)72)53-25-23-51(61-53)56(49-21-19-47(54)59-49)44-16-8-28-64(40-44)32-12-36-75-79(4,69)70/h6-9,14-29,38-41,58,61H,1,10-13,30-37H2,2-5H3/q+4. The molecule has 418 valence electrons. The number of aromatic amines is 2. The highest BCUT2D eigenvalue weighted by Gasteiger charge is 2.23. The number of nitrogens with zero attached hydrogens (tertiary/aromatic N) is 6. The maximum atomic E-state index is 12.2. The molecule has 0 aliphatic carbocycles. The first-order valence-corrected chi connectivity index (χ1v) is 33.3. The maximum Gasteiger partial charge on any atom is 0.264 e. The third-order valence-corrected chi connectivity index (χ3v) is 15.3. The Labute approximate surface area is 467 Å². The molecule has 0 fully saturated rings. The molecular formula is C57H64N8O11S4+4. The molecule has 2 aliphatic heterocycles. The topological polar surface area (TPSA) is 229 Å². The summed E-state index contributed by atoms with van der Waals surface area (Å²) in [6, 6.07) is 24.0. The summed E-state index contributed by atoms with van der Waals surface area (Å²) >= 11 is 0. The average Bonchev–Trinajstić information content (AvgIpc) is 4.31.